The molecule has 1 atom stereocenters. The third-order valence-electron chi connectivity index (χ3n) is 6.45. The highest BCUT2D eigenvalue weighted by molar-refractivity contribution is 6.24. The molecule has 0 saturated carbocycles. The van der Waals surface area contributed by atoms with Gasteiger partial charge in [0.25, 0.3) is 0 Å². The van der Waals surface area contributed by atoms with Gasteiger partial charge in [-0.15, -0.1) is 0 Å². The van der Waals surface area contributed by atoms with Crippen LogP contribution in [-0.4, -0.2) is 29.7 Å². The summed E-state index contributed by atoms with van der Waals surface area (Å²) in [6.07, 6.45) is -5.42. The van der Waals surface area contributed by atoms with E-state index in [2.05, 4.69) is 4.74 Å². The van der Waals surface area contributed by atoms with Gasteiger partial charge in [-0.05, 0) is 29.8 Å². The molecule has 2 heterocycles. The second-order valence-electron chi connectivity index (χ2n) is 8.20. The molecule has 0 saturated heterocycles. The Morgan fingerprint density at radius 1 is 0.676 bits per heavy atom. The maximum atomic E-state index is 15.3. The predicted octanol–water partition coefficient (Wildman–Crippen LogP) is 4.77. The van der Waals surface area contributed by atoms with Crippen LogP contribution >= 0.6 is 0 Å². The molecule has 0 amide bonds. The minimum absolute atomic E-state index is 0.0212. The van der Waals surface area contributed by atoms with Gasteiger partial charge in [0.1, 0.15) is 16.9 Å². The molecule has 3 aromatic carbocycles. The number of hydrogen-bond acceptors (Lipinski definition) is 6. The Bertz CT molecular complexity index is 1400. The van der Waals surface area contributed by atoms with Gasteiger partial charge in [0.2, 0.25) is 0 Å². The number of ether oxygens (including phenoxy) is 2. The minimum atomic E-state index is -4.98. The third-order valence-corrected chi connectivity index (χ3v) is 6.45. The Labute approximate surface area is 188 Å². The molecule has 3 aromatic rings. The van der Waals surface area contributed by atoms with Gasteiger partial charge in [-0.1, -0.05) is 30.3 Å². The lowest BCUT2D eigenvalue weighted by Crippen LogP contribution is -2.46. The summed E-state index contributed by atoms with van der Waals surface area (Å²) in [5.74, 6) is -3.74. The van der Waals surface area contributed by atoms with E-state index in [-0.39, 0.29) is 39.3 Å². The summed E-state index contributed by atoms with van der Waals surface area (Å²) >= 11 is 0. The van der Waals surface area contributed by atoms with E-state index in [9.17, 15) is 19.2 Å². The van der Waals surface area contributed by atoms with E-state index in [0.717, 1.165) is 24.3 Å². The van der Waals surface area contributed by atoms with Crippen LogP contribution in [0.3, 0.4) is 0 Å². The van der Waals surface area contributed by atoms with Gasteiger partial charge < -0.3 is 9.47 Å². The molecule has 0 N–H and O–H groups in total. The first-order valence-electron chi connectivity index (χ1n) is 10.1. The number of benzene rings is 3. The Balaban J connectivity index is 1.78. The molecule has 6 nitrogen and oxygen atoms in total. The van der Waals surface area contributed by atoms with Crippen molar-refractivity contribution in [3.05, 3.63) is 93.5 Å². The van der Waals surface area contributed by atoms with Crippen molar-refractivity contribution in [2.24, 2.45) is 0 Å². The monoisotopic (exact) mass is 464 g/mol. The molecule has 0 fully saturated rings. The average molecular weight is 464 g/mol. The lowest BCUT2D eigenvalue weighted by atomic mass is 9.66. The molecule has 6 rings (SSSR count). The van der Waals surface area contributed by atoms with E-state index in [4.69, 9.17) is 4.74 Å². The van der Waals surface area contributed by atoms with Gasteiger partial charge >= 0.3 is 18.1 Å². The molecule has 0 aromatic heterocycles. The quantitative estimate of drug-likeness (QED) is 0.381. The largest absolute Gasteiger partial charge is 0.457 e. The van der Waals surface area contributed by atoms with Gasteiger partial charge in [-0.25, -0.2) is 9.59 Å². The third kappa shape index (κ3) is 2.41. The summed E-state index contributed by atoms with van der Waals surface area (Å²) in [5.41, 5.74) is -4.54. The first-order valence-corrected chi connectivity index (χ1v) is 10.1. The standard InChI is InChI=1S/C25H11F3O6/c26-25(27,28)24(11-4-2-1-3-5-11)16-6-12-13(19(30)10-18(12)29)8-20(16)33-21-9-15-14(7-17(21)24)22(31)34-23(15)32/h1-9H,10H2. The normalized spacial score (nSPS) is 20.3. The van der Waals surface area contributed by atoms with Crippen molar-refractivity contribution in [3.63, 3.8) is 0 Å². The van der Waals surface area contributed by atoms with E-state index in [1.807, 2.05) is 0 Å². The lowest BCUT2D eigenvalue weighted by Gasteiger charge is -2.42. The maximum Gasteiger partial charge on any atom is 0.406 e. The zero-order chi connectivity index (χ0) is 24.0. The molecule has 168 valence electrons. The van der Waals surface area contributed by atoms with Crippen LogP contribution in [0.2, 0.25) is 0 Å². The number of carbonyl (C=O) groups excluding carboxylic acids is 4. The second-order valence-corrected chi connectivity index (χ2v) is 8.20. The van der Waals surface area contributed by atoms with Crippen LogP contribution in [0.15, 0.2) is 54.6 Å². The van der Waals surface area contributed by atoms with Crippen LogP contribution in [0, 0.1) is 0 Å². The zero-order valence-electron chi connectivity index (χ0n) is 17.0. The summed E-state index contributed by atoms with van der Waals surface area (Å²) < 4.78 is 56.3. The van der Waals surface area contributed by atoms with E-state index in [1.54, 1.807) is 6.07 Å². The summed E-state index contributed by atoms with van der Waals surface area (Å²) in [4.78, 5) is 48.9. The number of hydrogen-bond donors (Lipinski definition) is 0. The molecular formula is C25H11F3O6. The molecule has 0 radical (unpaired) electrons. The molecular weight excluding hydrogens is 453 g/mol. The molecule has 9 heteroatoms. The fourth-order valence-electron chi connectivity index (χ4n) is 4.98. The van der Waals surface area contributed by atoms with Crippen LogP contribution in [0.4, 0.5) is 13.2 Å². The van der Waals surface area contributed by atoms with Crippen LogP contribution in [0.25, 0.3) is 0 Å². The van der Waals surface area contributed by atoms with Gasteiger partial charge in [0.15, 0.2) is 11.6 Å². The van der Waals surface area contributed by atoms with Crippen molar-refractivity contribution in [1.82, 2.24) is 0 Å². The Morgan fingerprint density at radius 2 is 1.18 bits per heavy atom. The number of halogens is 3. The number of carbonyl (C=O) groups is 4. The highest BCUT2D eigenvalue weighted by Gasteiger charge is 2.63. The number of fused-ring (bicyclic) bond motifs is 4. The zero-order valence-corrected chi connectivity index (χ0v) is 17.0. The maximum absolute atomic E-state index is 15.3. The summed E-state index contributed by atoms with van der Waals surface area (Å²) in [6.45, 7) is 0. The number of esters is 2. The van der Waals surface area contributed by atoms with Gasteiger partial charge in [-0.3, -0.25) is 9.59 Å². The Hall–Kier alpha value is -4.27. The van der Waals surface area contributed by atoms with E-state index in [1.165, 1.54) is 24.3 Å². The molecule has 1 unspecified atom stereocenters. The SMILES string of the molecule is O=C1CC(=O)c2cc3c(cc21)Oc1cc2c(cc1C3(c1ccccc1)C(F)(F)F)C(=O)OC2=O. The van der Waals surface area contributed by atoms with Crippen molar-refractivity contribution in [2.45, 2.75) is 18.0 Å². The van der Waals surface area contributed by atoms with Crippen molar-refractivity contribution in [3.8, 4) is 11.5 Å². The molecule has 0 bridgehead atoms. The van der Waals surface area contributed by atoms with Crippen molar-refractivity contribution in [2.75, 3.05) is 0 Å². The molecule has 1 aliphatic carbocycles. The number of Topliss-reactive ketones (excluding diaryl/α,β-unsaturated/α-hetero) is 2. The highest BCUT2D eigenvalue weighted by Crippen LogP contribution is 2.60. The first-order chi connectivity index (χ1) is 16.1. The topological polar surface area (TPSA) is 86.7 Å². The smallest absolute Gasteiger partial charge is 0.406 e. The number of ketones is 2. The van der Waals surface area contributed by atoms with Gasteiger partial charge in [-0.2, -0.15) is 13.2 Å². The van der Waals surface area contributed by atoms with E-state index < -0.39 is 52.6 Å². The second kappa shape index (κ2) is 6.40. The highest BCUT2D eigenvalue weighted by atomic mass is 19.4. The molecule has 34 heavy (non-hydrogen) atoms. The number of alkyl halides is 3. The van der Waals surface area contributed by atoms with Gasteiger partial charge in [0, 0.05) is 22.3 Å². The van der Waals surface area contributed by atoms with E-state index in [0.29, 0.717) is 0 Å². The fourth-order valence-corrected chi connectivity index (χ4v) is 4.98. The lowest BCUT2D eigenvalue weighted by molar-refractivity contribution is -0.168. The summed E-state index contributed by atoms with van der Waals surface area (Å²) in [7, 11) is 0. The average Bonchev–Trinajstić information content (AvgIpc) is 3.22. The number of cyclic esters (lactones) is 2. The van der Waals surface area contributed by atoms with Crippen molar-refractivity contribution in [1.29, 1.82) is 0 Å². The van der Waals surface area contributed by atoms with Crippen molar-refractivity contribution >= 4 is 23.5 Å². The van der Waals surface area contributed by atoms with Crippen molar-refractivity contribution < 1.29 is 41.8 Å². The predicted molar refractivity (Wildman–Crippen MR) is 108 cm³/mol. The Morgan fingerprint density at radius 3 is 1.76 bits per heavy atom. The van der Waals surface area contributed by atoms with Crippen LogP contribution < -0.4 is 4.74 Å². The molecule has 3 aliphatic rings. The van der Waals surface area contributed by atoms with Gasteiger partial charge in [0.05, 0.1) is 17.5 Å². The molecule has 2 aliphatic heterocycles. The van der Waals surface area contributed by atoms with Crippen LogP contribution in [0.1, 0.15) is 64.5 Å². The number of rotatable bonds is 1. The van der Waals surface area contributed by atoms with Crippen LogP contribution in [-0.2, 0) is 10.2 Å². The van der Waals surface area contributed by atoms with Crippen LogP contribution in [0.5, 0.6) is 11.5 Å². The Kier molecular flexibility index (Phi) is 3.83. The fraction of sp³-hybridized carbons (Fsp3) is 0.120. The summed E-state index contributed by atoms with van der Waals surface area (Å²) in [5, 5.41) is 0. The minimum Gasteiger partial charge on any atom is -0.457 e. The molecule has 0 spiro atoms. The van der Waals surface area contributed by atoms with E-state index >= 15 is 13.2 Å². The first kappa shape index (κ1) is 20.3. The summed E-state index contributed by atoms with van der Waals surface area (Å²) in [6, 6.07) is 11.2.